The van der Waals surface area contributed by atoms with Gasteiger partial charge in [0.1, 0.15) is 11.6 Å². The van der Waals surface area contributed by atoms with Gasteiger partial charge in [-0.2, -0.15) is 8.78 Å². The van der Waals surface area contributed by atoms with Crippen LogP contribution in [-0.4, -0.2) is 6.61 Å². The van der Waals surface area contributed by atoms with E-state index in [-0.39, 0.29) is 22.8 Å². The molecule has 6 heteroatoms. The molecule has 0 saturated heterocycles. The number of nitrogen functional groups attached to an aromatic ring is 1. The van der Waals surface area contributed by atoms with Crippen LogP contribution in [0.25, 0.3) is 0 Å². The van der Waals surface area contributed by atoms with Crippen molar-refractivity contribution >= 4 is 17.1 Å². The van der Waals surface area contributed by atoms with Gasteiger partial charge in [0.15, 0.2) is 0 Å². The van der Waals surface area contributed by atoms with E-state index >= 15 is 0 Å². The Labute approximate surface area is 107 Å². The van der Waals surface area contributed by atoms with Gasteiger partial charge in [0.25, 0.3) is 0 Å². The van der Waals surface area contributed by atoms with E-state index in [2.05, 4.69) is 10.1 Å². The molecular weight excluding hydrogens is 257 g/mol. The minimum atomic E-state index is -2.95. The number of para-hydroxylation sites is 2. The summed E-state index contributed by atoms with van der Waals surface area (Å²) in [5.41, 5.74) is 6.07. The molecule has 2 rings (SSSR count). The third kappa shape index (κ3) is 3.31. The van der Waals surface area contributed by atoms with Gasteiger partial charge in [-0.15, -0.1) is 0 Å². The van der Waals surface area contributed by atoms with Crippen molar-refractivity contribution in [2.45, 2.75) is 6.61 Å². The zero-order valence-electron chi connectivity index (χ0n) is 9.74. The predicted octanol–water partition coefficient (Wildman–Crippen LogP) is 3.75. The molecule has 19 heavy (non-hydrogen) atoms. The molecule has 0 aromatic heterocycles. The first kappa shape index (κ1) is 13.1. The lowest BCUT2D eigenvalue weighted by Crippen LogP contribution is -2.05. The molecule has 0 heterocycles. The Kier molecular flexibility index (Phi) is 3.79. The molecule has 2 aromatic carbocycles. The monoisotopic (exact) mass is 268 g/mol. The van der Waals surface area contributed by atoms with Crippen molar-refractivity contribution in [3.05, 3.63) is 48.3 Å². The fourth-order valence-corrected chi connectivity index (χ4v) is 1.55. The summed E-state index contributed by atoms with van der Waals surface area (Å²) < 4.78 is 42.4. The summed E-state index contributed by atoms with van der Waals surface area (Å²) in [7, 11) is 0. The van der Waals surface area contributed by atoms with Crippen molar-refractivity contribution in [3.8, 4) is 5.75 Å². The van der Waals surface area contributed by atoms with Crippen LogP contribution >= 0.6 is 0 Å². The van der Waals surface area contributed by atoms with E-state index in [1.54, 1.807) is 12.1 Å². The molecule has 3 N–H and O–H groups in total. The highest BCUT2D eigenvalue weighted by Gasteiger charge is 2.10. The topological polar surface area (TPSA) is 47.3 Å². The van der Waals surface area contributed by atoms with Crippen LogP contribution in [0, 0.1) is 5.82 Å². The molecule has 0 bridgehead atoms. The lowest BCUT2D eigenvalue weighted by molar-refractivity contribution is -0.0493. The Bertz CT molecular complexity index is 576. The molecule has 0 aliphatic heterocycles. The summed E-state index contributed by atoms with van der Waals surface area (Å²) >= 11 is 0. The molecule has 0 unspecified atom stereocenters. The van der Waals surface area contributed by atoms with Gasteiger partial charge in [-0.3, -0.25) is 0 Å². The molecule has 0 aliphatic rings. The molecule has 0 fully saturated rings. The summed E-state index contributed by atoms with van der Waals surface area (Å²) in [6, 6.07) is 10.1. The maximum atomic E-state index is 13.6. The van der Waals surface area contributed by atoms with Crippen molar-refractivity contribution in [2.24, 2.45) is 0 Å². The molecule has 0 amide bonds. The highest BCUT2D eigenvalue weighted by atomic mass is 19.3. The smallest absolute Gasteiger partial charge is 0.387 e. The quantitative estimate of drug-likeness (QED) is 0.830. The third-order valence-electron chi connectivity index (χ3n) is 2.37. The summed E-state index contributed by atoms with van der Waals surface area (Å²) in [5.74, 6) is -0.638. The van der Waals surface area contributed by atoms with E-state index in [1.165, 1.54) is 24.3 Å². The zero-order valence-corrected chi connectivity index (χ0v) is 9.74. The second-order valence-corrected chi connectivity index (χ2v) is 3.74. The largest absolute Gasteiger partial charge is 0.433 e. The van der Waals surface area contributed by atoms with Crippen molar-refractivity contribution < 1.29 is 17.9 Å². The predicted molar refractivity (Wildman–Crippen MR) is 67.2 cm³/mol. The second-order valence-electron chi connectivity index (χ2n) is 3.74. The molecule has 0 atom stereocenters. The molecule has 3 nitrogen and oxygen atoms in total. The Morgan fingerprint density at radius 1 is 1.05 bits per heavy atom. The van der Waals surface area contributed by atoms with Gasteiger partial charge in [-0.25, -0.2) is 4.39 Å². The molecule has 2 aromatic rings. The summed E-state index contributed by atoms with van der Waals surface area (Å²) in [5, 5.41) is 2.68. The van der Waals surface area contributed by atoms with Gasteiger partial charge in [0.2, 0.25) is 0 Å². The number of alkyl halides is 2. The van der Waals surface area contributed by atoms with Crippen LogP contribution in [0.4, 0.5) is 30.2 Å². The van der Waals surface area contributed by atoms with Crippen LogP contribution in [0.5, 0.6) is 5.75 Å². The number of nitrogens with one attached hydrogen (secondary N) is 1. The Hall–Kier alpha value is -2.37. The first-order valence-electron chi connectivity index (χ1n) is 5.42. The van der Waals surface area contributed by atoms with Crippen LogP contribution in [0.1, 0.15) is 0 Å². The minimum Gasteiger partial charge on any atom is -0.433 e. The van der Waals surface area contributed by atoms with Gasteiger partial charge < -0.3 is 15.8 Å². The standard InChI is InChI=1S/C13H11F3N2O/c14-9-7-8(17)5-6-10(9)18-11-3-1-2-4-12(11)19-13(15)16/h1-7,13,18H,17H2. The van der Waals surface area contributed by atoms with Crippen LogP contribution in [0.15, 0.2) is 42.5 Å². The van der Waals surface area contributed by atoms with E-state index < -0.39 is 12.4 Å². The lowest BCUT2D eigenvalue weighted by atomic mass is 10.2. The van der Waals surface area contributed by atoms with E-state index in [9.17, 15) is 13.2 Å². The molecule has 100 valence electrons. The maximum Gasteiger partial charge on any atom is 0.387 e. The summed E-state index contributed by atoms with van der Waals surface area (Å²) in [4.78, 5) is 0. The number of nitrogens with two attached hydrogens (primary N) is 1. The minimum absolute atomic E-state index is 0.0614. The molecule has 0 aliphatic carbocycles. The van der Waals surface area contributed by atoms with Crippen molar-refractivity contribution in [1.29, 1.82) is 0 Å². The number of anilines is 3. The highest BCUT2D eigenvalue weighted by Crippen LogP contribution is 2.30. The maximum absolute atomic E-state index is 13.6. The number of benzene rings is 2. The van der Waals surface area contributed by atoms with Crippen molar-refractivity contribution in [2.75, 3.05) is 11.1 Å². The van der Waals surface area contributed by atoms with Crippen molar-refractivity contribution in [1.82, 2.24) is 0 Å². The zero-order chi connectivity index (χ0) is 13.8. The van der Waals surface area contributed by atoms with Crippen LogP contribution in [-0.2, 0) is 0 Å². The highest BCUT2D eigenvalue weighted by molar-refractivity contribution is 5.67. The normalized spacial score (nSPS) is 10.5. The second kappa shape index (κ2) is 5.51. The van der Waals surface area contributed by atoms with Gasteiger partial charge in [-0.05, 0) is 30.3 Å². The number of hydrogen-bond donors (Lipinski definition) is 2. The Morgan fingerprint density at radius 2 is 1.79 bits per heavy atom. The molecule has 0 radical (unpaired) electrons. The molecule has 0 saturated carbocycles. The van der Waals surface area contributed by atoms with Crippen LogP contribution < -0.4 is 15.8 Å². The fraction of sp³-hybridized carbons (Fsp3) is 0.0769. The number of rotatable bonds is 4. The number of halogens is 3. The number of hydrogen-bond acceptors (Lipinski definition) is 3. The first-order chi connectivity index (χ1) is 9.06. The van der Waals surface area contributed by atoms with Gasteiger partial charge in [0.05, 0.1) is 11.4 Å². The summed E-state index contributed by atoms with van der Waals surface area (Å²) in [6.07, 6.45) is 0. The van der Waals surface area contributed by atoms with Gasteiger partial charge >= 0.3 is 6.61 Å². The molecular formula is C13H11F3N2O. The lowest BCUT2D eigenvalue weighted by Gasteiger charge is -2.13. The van der Waals surface area contributed by atoms with Gasteiger partial charge in [0, 0.05) is 5.69 Å². The van der Waals surface area contributed by atoms with Gasteiger partial charge in [-0.1, -0.05) is 12.1 Å². The van der Waals surface area contributed by atoms with E-state index in [0.29, 0.717) is 0 Å². The Morgan fingerprint density at radius 3 is 2.47 bits per heavy atom. The summed E-state index contributed by atoms with van der Waals surface area (Å²) in [6.45, 7) is -2.95. The molecule has 0 spiro atoms. The first-order valence-corrected chi connectivity index (χ1v) is 5.42. The average Bonchev–Trinajstić information content (AvgIpc) is 2.34. The van der Waals surface area contributed by atoms with E-state index in [0.717, 1.165) is 6.07 Å². The average molecular weight is 268 g/mol. The van der Waals surface area contributed by atoms with E-state index in [1.807, 2.05) is 0 Å². The SMILES string of the molecule is Nc1ccc(Nc2ccccc2OC(F)F)c(F)c1. The third-order valence-corrected chi connectivity index (χ3v) is 2.37. The van der Waals surface area contributed by atoms with Crippen LogP contribution in [0.3, 0.4) is 0 Å². The number of ether oxygens (including phenoxy) is 1. The van der Waals surface area contributed by atoms with Crippen molar-refractivity contribution in [3.63, 3.8) is 0 Å². The van der Waals surface area contributed by atoms with Crippen LogP contribution in [0.2, 0.25) is 0 Å². The Balaban J connectivity index is 2.27. The fourth-order valence-electron chi connectivity index (χ4n) is 1.55. The van der Waals surface area contributed by atoms with E-state index in [4.69, 9.17) is 5.73 Å².